The van der Waals surface area contributed by atoms with Crippen LogP contribution in [-0.4, -0.2) is 40.0 Å². The van der Waals surface area contributed by atoms with Gasteiger partial charge in [-0.25, -0.2) is 4.98 Å². The van der Waals surface area contributed by atoms with E-state index in [2.05, 4.69) is 15.4 Å². The zero-order valence-electron chi connectivity index (χ0n) is 18.9. The smallest absolute Gasteiger partial charge is 0.281 e. The van der Waals surface area contributed by atoms with Gasteiger partial charge in [0.05, 0.1) is 19.9 Å². The van der Waals surface area contributed by atoms with Crippen molar-refractivity contribution in [2.24, 2.45) is 0 Å². The molecule has 2 aromatic carbocycles. The topological polar surface area (TPSA) is 116 Å². The van der Waals surface area contributed by atoms with Crippen molar-refractivity contribution in [1.29, 1.82) is 0 Å². The summed E-state index contributed by atoms with van der Waals surface area (Å²) in [6.45, 7) is 3.84. The van der Waals surface area contributed by atoms with E-state index in [-0.39, 0.29) is 5.69 Å². The second-order valence-corrected chi connectivity index (χ2v) is 8.57. The van der Waals surface area contributed by atoms with E-state index >= 15 is 0 Å². The van der Waals surface area contributed by atoms with Crippen LogP contribution in [0.25, 0.3) is 16.9 Å². The van der Waals surface area contributed by atoms with E-state index in [1.165, 1.54) is 18.4 Å². The average molecular weight is 479 g/mol. The van der Waals surface area contributed by atoms with Gasteiger partial charge in [-0.05, 0) is 49.7 Å². The van der Waals surface area contributed by atoms with Gasteiger partial charge in [-0.3, -0.25) is 14.9 Å². The molecule has 0 aliphatic heterocycles. The summed E-state index contributed by atoms with van der Waals surface area (Å²) in [5.74, 6) is -0.0682. The predicted molar refractivity (Wildman–Crippen MR) is 130 cm³/mol. The Labute approximate surface area is 199 Å². The molecular weight excluding hydrogens is 456 g/mol. The van der Waals surface area contributed by atoms with Gasteiger partial charge in [0.25, 0.3) is 11.5 Å². The maximum Gasteiger partial charge on any atom is 0.281 e. The molecule has 2 aromatic heterocycles. The number of nitrogens with zero attached hydrogens (tertiary/aromatic N) is 3. The Kier molecular flexibility index (Phi) is 6.33. The molecule has 10 heteroatoms. The number of carbonyl (C=O) groups is 1. The van der Waals surface area contributed by atoms with Crippen molar-refractivity contribution in [3.63, 3.8) is 0 Å². The first-order valence-corrected chi connectivity index (χ1v) is 11.0. The number of hydrogen-bond donors (Lipinski definition) is 2. The van der Waals surface area contributed by atoms with Crippen molar-refractivity contribution >= 4 is 22.4 Å². The number of hydrogen-bond acceptors (Lipinski definition) is 8. The van der Waals surface area contributed by atoms with Crippen molar-refractivity contribution in [3.05, 3.63) is 75.0 Å². The van der Waals surface area contributed by atoms with Crippen LogP contribution in [0.5, 0.6) is 17.2 Å². The molecular formula is C24H22N4O5S. The number of amides is 1. The Morgan fingerprint density at radius 2 is 1.79 bits per heavy atom. The van der Waals surface area contributed by atoms with Gasteiger partial charge >= 0.3 is 0 Å². The first-order valence-electron chi connectivity index (χ1n) is 10.2. The fourth-order valence-electron chi connectivity index (χ4n) is 3.49. The highest BCUT2D eigenvalue weighted by atomic mass is 32.1. The van der Waals surface area contributed by atoms with Crippen molar-refractivity contribution < 1.29 is 19.4 Å². The van der Waals surface area contributed by atoms with Crippen molar-refractivity contribution in [3.8, 4) is 34.2 Å². The number of benzene rings is 2. The molecule has 0 saturated heterocycles. The minimum atomic E-state index is -0.702. The van der Waals surface area contributed by atoms with E-state index < -0.39 is 17.2 Å². The van der Waals surface area contributed by atoms with E-state index in [9.17, 15) is 14.7 Å². The van der Waals surface area contributed by atoms with Crippen LogP contribution in [-0.2, 0) is 0 Å². The Morgan fingerprint density at radius 3 is 2.50 bits per heavy atom. The largest absolute Gasteiger partial charge is 0.505 e. The number of nitrogens with one attached hydrogen (secondary N) is 1. The second kappa shape index (κ2) is 9.36. The number of aromatic nitrogens is 3. The van der Waals surface area contributed by atoms with Crippen LogP contribution in [0.4, 0.5) is 5.13 Å². The molecule has 4 rings (SSSR count). The van der Waals surface area contributed by atoms with Crippen LogP contribution in [0, 0.1) is 13.8 Å². The van der Waals surface area contributed by atoms with Crippen LogP contribution in [0.1, 0.15) is 20.9 Å². The quantitative estimate of drug-likeness (QED) is 0.431. The molecule has 0 aliphatic rings. The van der Waals surface area contributed by atoms with Gasteiger partial charge in [-0.2, -0.15) is 9.78 Å². The molecule has 0 fully saturated rings. The molecule has 0 saturated carbocycles. The number of ether oxygens (including phenoxy) is 2. The molecule has 2 N–H and O–H groups in total. The van der Waals surface area contributed by atoms with Crippen LogP contribution >= 0.6 is 11.3 Å². The van der Waals surface area contributed by atoms with Gasteiger partial charge in [0.2, 0.25) is 0 Å². The fraction of sp³-hybridized carbons (Fsp3) is 0.167. The Morgan fingerprint density at radius 1 is 1.06 bits per heavy atom. The molecule has 0 spiro atoms. The minimum Gasteiger partial charge on any atom is -0.505 e. The fourth-order valence-corrected chi connectivity index (χ4v) is 4.32. The number of anilines is 1. The second-order valence-electron chi connectivity index (χ2n) is 7.36. The lowest BCUT2D eigenvalue weighted by atomic mass is 10.1. The van der Waals surface area contributed by atoms with Crippen molar-refractivity contribution in [2.45, 2.75) is 13.8 Å². The van der Waals surface area contributed by atoms with Crippen molar-refractivity contribution in [2.75, 3.05) is 19.5 Å². The number of carbonyl (C=O) groups excluding carboxylic acids is 1. The molecule has 0 bridgehead atoms. The summed E-state index contributed by atoms with van der Waals surface area (Å²) in [6.07, 6.45) is 0. The van der Waals surface area contributed by atoms with Crippen molar-refractivity contribution in [1.82, 2.24) is 14.8 Å². The van der Waals surface area contributed by atoms with Crippen LogP contribution in [0.3, 0.4) is 0 Å². The average Bonchev–Trinajstić information content (AvgIpc) is 3.18. The zero-order chi connectivity index (χ0) is 24.4. The summed E-state index contributed by atoms with van der Waals surface area (Å²) >= 11 is 1.29. The van der Waals surface area contributed by atoms with E-state index in [4.69, 9.17) is 9.47 Å². The summed E-state index contributed by atoms with van der Waals surface area (Å²) in [6, 6.07) is 13.4. The van der Waals surface area contributed by atoms with E-state index in [0.717, 1.165) is 38.2 Å². The number of para-hydroxylation sites is 2. The molecule has 34 heavy (non-hydrogen) atoms. The molecule has 1 amide bonds. The van der Waals surface area contributed by atoms with Gasteiger partial charge in [0.1, 0.15) is 17.2 Å². The van der Waals surface area contributed by atoms with E-state index in [1.54, 1.807) is 31.4 Å². The molecule has 9 nitrogen and oxygen atoms in total. The number of methoxy groups -OCH3 is 2. The molecule has 0 aliphatic carbocycles. The van der Waals surface area contributed by atoms with Crippen LogP contribution in [0.2, 0.25) is 0 Å². The normalized spacial score (nSPS) is 10.7. The van der Waals surface area contributed by atoms with E-state index in [0.29, 0.717) is 16.6 Å². The third kappa shape index (κ3) is 4.35. The third-order valence-electron chi connectivity index (χ3n) is 5.13. The first kappa shape index (κ1) is 23.0. The first-order chi connectivity index (χ1) is 16.3. The number of aromatic hydroxyl groups is 1. The lowest BCUT2D eigenvalue weighted by Gasteiger charge is -2.11. The molecule has 0 atom stereocenters. The molecule has 2 heterocycles. The van der Waals surface area contributed by atoms with Gasteiger partial charge in [0.15, 0.2) is 16.6 Å². The molecule has 0 radical (unpaired) electrons. The highest BCUT2D eigenvalue weighted by Crippen LogP contribution is 2.33. The third-order valence-corrected chi connectivity index (χ3v) is 6.01. The summed E-state index contributed by atoms with van der Waals surface area (Å²) in [7, 11) is 3.08. The number of rotatable bonds is 6. The van der Waals surface area contributed by atoms with Gasteiger partial charge < -0.3 is 14.6 Å². The maximum atomic E-state index is 12.9. The summed E-state index contributed by atoms with van der Waals surface area (Å²) in [5.41, 5.74) is 1.98. The summed E-state index contributed by atoms with van der Waals surface area (Å²) in [5, 5.41) is 17.4. The monoisotopic (exact) mass is 478 g/mol. The number of thiazole rings is 1. The number of aryl methyl sites for hydroxylation is 2. The molecule has 0 unspecified atom stereocenters. The Hall–Kier alpha value is -4.18. The molecule has 174 valence electrons. The zero-order valence-corrected chi connectivity index (χ0v) is 19.8. The standard InChI is InChI=1S/C24H22N4O5S/c1-13-11-15(9-10-18(13)32-3)21-14(2)34-24(25-21)26-23(31)22-17(29)12-20(30)28(27-22)16-7-5-6-8-19(16)33-4/h5-12,29H,1-4H3,(H,25,26,31). The lowest BCUT2D eigenvalue weighted by molar-refractivity contribution is 0.101. The summed E-state index contributed by atoms with van der Waals surface area (Å²) in [4.78, 5) is 30.8. The molecule has 4 aromatic rings. The van der Waals surface area contributed by atoms with Gasteiger partial charge in [-0.1, -0.05) is 12.1 Å². The maximum absolute atomic E-state index is 12.9. The Bertz CT molecular complexity index is 1440. The lowest BCUT2D eigenvalue weighted by Crippen LogP contribution is -2.25. The summed E-state index contributed by atoms with van der Waals surface area (Å²) < 4.78 is 11.6. The SMILES string of the molecule is COc1ccc(-c2nc(NC(=O)c3nn(-c4ccccc4OC)c(=O)cc3O)sc2C)cc1C. The predicted octanol–water partition coefficient (Wildman–Crippen LogP) is 3.95. The van der Waals surface area contributed by atoms with E-state index in [1.807, 2.05) is 32.0 Å². The minimum absolute atomic E-state index is 0.319. The van der Waals surface area contributed by atoms with Crippen LogP contribution in [0.15, 0.2) is 53.3 Å². The highest BCUT2D eigenvalue weighted by Gasteiger charge is 2.20. The van der Waals surface area contributed by atoms with Gasteiger partial charge in [0, 0.05) is 16.5 Å². The Balaban J connectivity index is 1.66. The highest BCUT2D eigenvalue weighted by molar-refractivity contribution is 7.16. The van der Waals surface area contributed by atoms with Gasteiger partial charge in [-0.15, -0.1) is 11.3 Å². The van der Waals surface area contributed by atoms with Crippen LogP contribution < -0.4 is 20.3 Å².